The minimum Gasteiger partial charge on any atom is -0.394 e. The molecule has 5 heteroatoms. The fourth-order valence-electron chi connectivity index (χ4n) is 1.66. The molecule has 0 aliphatic heterocycles. The maximum atomic E-state index is 11.9. The van der Waals surface area contributed by atoms with Crippen LogP contribution in [0.5, 0.6) is 0 Å². The predicted octanol–water partition coefficient (Wildman–Crippen LogP) is 1.46. The first kappa shape index (κ1) is 13.7. The first-order chi connectivity index (χ1) is 9.61. The second kappa shape index (κ2) is 5.97. The fourth-order valence-corrected chi connectivity index (χ4v) is 1.66. The Morgan fingerprint density at radius 2 is 1.95 bits per heavy atom. The highest BCUT2D eigenvalue weighted by molar-refractivity contribution is 6.02. The third-order valence-corrected chi connectivity index (χ3v) is 2.74. The fraction of sp³-hybridized carbons (Fsp3) is 0.133. The van der Waals surface area contributed by atoms with E-state index in [1.807, 2.05) is 31.2 Å². The van der Waals surface area contributed by atoms with E-state index in [1.54, 1.807) is 13.2 Å². The summed E-state index contributed by atoms with van der Waals surface area (Å²) in [6.07, 6.45) is 4.29. The summed E-state index contributed by atoms with van der Waals surface area (Å²) in [6, 6.07) is 8.98. The standard InChI is InChI=1S/C15H15N3O2/c1-11-3-5-12(6-4-11)18-10-8-14(20)15(17-18)13(19)7-9-16-2/h3-10,16H,1-2H3. The summed E-state index contributed by atoms with van der Waals surface area (Å²) in [5.74, 6) is -0.425. The Bertz CT molecular complexity index is 700. The second-order valence-electron chi connectivity index (χ2n) is 4.29. The molecule has 0 atom stereocenters. The number of rotatable bonds is 4. The highest BCUT2D eigenvalue weighted by Gasteiger charge is 2.10. The zero-order valence-corrected chi connectivity index (χ0v) is 11.3. The van der Waals surface area contributed by atoms with E-state index in [-0.39, 0.29) is 11.1 Å². The molecular formula is C15H15N3O2. The molecule has 0 aliphatic rings. The van der Waals surface area contributed by atoms with Gasteiger partial charge >= 0.3 is 0 Å². The number of nitrogens with one attached hydrogen (secondary N) is 1. The largest absolute Gasteiger partial charge is 0.394 e. The van der Waals surface area contributed by atoms with E-state index in [0.29, 0.717) is 0 Å². The van der Waals surface area contributed by atoms with Gasteiger partial charge in [0.25, 0.3) is 0 Å². The Kier molecular flexibility index (Phi) is 4.10. The van der Waals surface area contributed by atoms with Crippen LogP contribution in [0.15, 0.2) is 53.6 Å². The predicted molar refractivity (Wildman–Crippen MR) is 77.1 cm³/mol. The van der Waals surface area contributed by atoms with Crippen LogP contribution in [0.25, 0.3) is 5.69 Å². The smallest absolute Gasteiger partial charge is 0.211 e. The van der Waals surface area contributed by atoms with E-state index < -0.39 is 5.78 Å². The van der Waals surface area contributed by atoms with Gasteiger partial charge in [-0.05, 0) is 19.1 Å². The molecule has 0 spiro atoms. The van der Waals surface area contributed by atoms with Gasteiger partial charge in [-0.25, -0.2) is 4.68 Å². The molecule has 0 unspecified atom stereocenters. The third kappa shape index (κ3) is 3.00. The van der Waals surface area contributed by atoms with Crippen LogP contribution in [-0.4, -0.2) is 22.6 Å². The number of ketones is 1. The summed E-state index contributed by atoms with van der Waals surface area (Å²) in [7, 11) is 1.67. The molecule has 1 N–H and O–H groups in total. The Balaban J connectivity index is 2.43. The van der Waals surface area contributed by atoms with Crippen LogP contribution in [0.3, 0.4) is 0 Å². The molecule has 1 aromatic carbocycles. The van der Waals surface area contributed by atoms with E-state index in [0.717, 1.165) is 11.3 Å². The van der Waals surface area contributed by atoms with Crippen molar-refractivity contribution < 1.29 is 4.79 Å². The number of carbonyl (C=O) groups excluding carboxylic acids is 1. The minimum absolute atomic E-state index is 0.0976. The van der Waals surface area contributed by atoms with Crippen molar-refractivity contribution in [3.63, 3.8) is 0 Å². The molecule has 0 aliphatic carbocycles. The Hall–Kier alpha value is -2.69. The van der Waals surface area contributed by atoms with Crippen LogP contribution in [-0.2, 0) is 0 Å². The van der Waals surface area contributed by atoms with E-state index in [1.165, 1.54) is 23.0 Å². The number of hydrogen-bond acceptors (Lipinski definition) is 4. The normalized spacial score (nSPS) is 10.7. The number of carbonyl (C=O) groups is 1. The van der Waals surface area contributed by atoms with Gasteiger partial charge in [0.1, 0.15) is 0 Å². The molecule has 0 saturated carbocycles. The van der Waals surface area contributed by atoms with Crippen LogP contribution >= 0.6 is 0 Å². The summed E-state index contributed by atoms with van der Waals surface area (Å²) >= 11 is 0. The van der Waals surface area contributed by atoms with Gasteiger partial charge in [-0.15, -0.1) is 0 Å². The van der Waals surface area contributed by atoms with Crippen molar-refractivity contribution in [2.24, 2.45) is 0 Å². The molecule has 1 heterocycles. The van der Waals surface area contributed by atoms with Crippen molar-refractivity contribution in [2.45, 2.75) is 6.92 Å². The Morgan fingerprint density at radius 3 is 2.60 bits per heavy atom. The molecule has 2 aromatic rings. The van der Waals surface area contributed by atoms with Gasteiger partial charge in [0.2, 0.25) is 11.2 Å². The van der Waals surface area contributed by atoms with E-state index in [4.69, 9.17) is 0 Å². The average Bonchev–Trinajstić information content (AvgIpc) is 2.46. The summed E-state index contributed by atoms with van der Waals surface area (Å²) in [5.41, 5.74) is 1.43. The number of aromatic nitrogens is 2. The SMILES string of the molecule is CNC=CC(=O)c1nn(-c2ccc(C)cc2)ccc1=O. The number of benzene rings is 1. The van der Waals surface area contributed by atoms with Gasteiger partial charge in [0, 0.05) is 31.6 Å². The first-order valence-corrected chi connectivity index (χ1v) is 6.17. The van der Waals surface area contributed by atoms with Gasteiger partial charge in [-0.1, -0.05) is 17.7 Å². The van der Waals surface area contributed by atoms with E-state index >= 15 is 0 Å². The Labute approximate surface area is 116 Å². The zero-order chi connectivity index (χ0) is 14.5. The van der Waals surface area contributed by atoms with Crippen LogP contribution in [0.2, 0.25) is 0 Å². The highest BCUT2D eigenvalue weighted by atomic mass is 16.1. The molecule has 0 amide bonds. The van der Waals surface area contributed by atoms with E-state index in [9.17, 15) is 9.59 Å². The van der Waals surface area contributed by atoms with Gasteiger partial charge in [0.15, 0.2) is 5.69 Å². The number of allylic oxidation sites excluding steroid dienone is 1. The number of nitrogens with zero attached hydrogens (tertiary/aromatic N) is 2. The minimum atomic E-state index is -0.425. The van der Waals surface area contributed by atoms with Crippen molar-refractivity contribution >= 4 is 5.78 Å². The molecule has 0 radical (unpaired) electrons. The molecule has 0 saturated heterocycles. The summed E-state index contributed by atoms with van der Waals surface area (Å²) in [5, 5.41) is 6.80. The van der Waals surface area contributed by atoms with Crippen molar-refractivity contribution in [3.8, 4) is 5.69 Å². The molecular weight excluding hydrogens is 254 g/mol. The lowest BCUT2D eigenvalue weighted by Crippen LogP contribution is -2.19. The number of hydrogen-bond donors (Lipinski definition) is 1. The maximum Gasteiger partial charge on any atom is 0.211 e. The van der Waals surface area contributed by atoms with Crippen molar-refractivity contribution in [1.29, 1.82) is 0 Å². The Morgan fingerprint density at radius 1 is 1.25 bits per heavy atom. The molecule has 1 aromatic heterocycles. The topological polar surface area (TPSA) is 64.0 Å². The lowest BCUT2D eigenvalue weighted by atomic mass is 10.2. The third-order valence-electron chi connectivity index (χ3n) is 2.74. The lowest BCUT2D eigenvalue weighted by molar-refractivity contribution is 0.103. The molecule has 5 nitrogen and oxygen atoms in total. The quantitative estimate of drug-likeness (QED) is 0.674. The second-order valence-corrected chi connectivity index (χ2v) is 4.29. The lowest BCUT2D eigenvalue weighted by Gasteiger charge is -2.06. The molecule has 20 heavy (non-hydrogen) atoms. The van der Waals surface area contributed by atoms with Crippen LogP contribution in [0, 0.1) is 6.92 Å². The van der Waals surface area contributed by atoms with E-state index in [2.05, 4.69) is 10.4 Å². The first-order valence-electron chi connectivity index (χ1n) is 6.17. The van der Waals surface area contributed by atoms with Gasteiger partial charge in [-0.3, -0.25) is 9.59 Å². The summed E-state index contributed by atoms with van der Waals surface area (Å²) in [4.78, 5) is 23.6. The highest BCUT2D eigenvalue weighted by Crippen LogP contribution is 2.07. The van der Waals surface area contributed by atoms with Crippen LogP contribution in [0.1, 0.15) is 16.1 Å². The molecule has 0 fully saturated rings. The summed E-state index contributed by atoms with van der Waals surface area (Å²) < 4.78 is 1.52. The van der Waals surface area contributed by atoms with Gasteiger partial charge in [-0.2, -0.15) is 5.10 Å². The van der Waals surface area contributed by atoms with Crippen molar-refractivity contribution in [2.75, 3.05) is 7.05 Å². The number of aryl methyl sites for hydroxylation is 1. The van der Waals surface area contributed by atoms with Crippen molar-refractivity contribution in [1.82, 2.24) is 15.1 Å². The zero-order valence-electron chi connectivity index (χ0n) is 11.3. The van der Waals surface area contributed by atoms with Crippen LogP contribution < -0.4 is 10.7 Å². The molecule has 2 rings (SSSR count). The molecule has 0 bridgehead atoms. The van der Waals surface area contributed by atoms with Gasteiger partial charge < -0.3 is 5.32 Å². The van der Waals surface area contributed by atoms with Crippen molar-refractivity contribution in [3.05, 3.63) is 70.3 Å². The summed E-state index contributed by atoms with van der Waals surface area (Å²) in [6.45, 7) is 1.99. The van der Waals surface area contributed by atoms with Gasteiger partial charge in [0.05, 0.1) is 5.69 Å². The average molecular weight is 269 g/mol. The maximum absolute atomic E-state index is 11.9. The monoisotopic (exact) mass is 269 g/mol. The van der Waals surface area contributed by atoms with Crippen LogP contribution in [0.4, 0.5) is 0 Å². The molecule has 102 valence electrons.